The van der Waals surface area contributed by atoms with Crippen LogP contribution in [-0.2, 0) is 6.42 Å². The summed E-state index contributed by atoms with van der Waals surface area (Å²) in [5.41, 5.74) is 5.96. The Bertz CT molecular complexity index is 610. The Morgan fingerprint density at radius 1 is 1.56 bits per heavy atom. The van der Waals surface area contributed by atoms with Crippen LogP contribution in [0.4, 0.5) is 15.9 Å². The zero-order valence-corrected chi connectivity index (χ0v) is 9.51. The Labute approximate surface area is 101 Å². The van der Waals surface area contributed by atoms with Crippen LogP contribution in [0.1, 0.15) is 12.5 Å². The minimum Gasteiger partial charge on any atom is -0.381 e. The lowest BCUT2D eigenvalue weighted by atomic mass is 10.1. The molecular weight excluding hydrogens is 241 g/mol. The van der Waals surface area contributed by atoms with Gasteiger partial charge in [-0.15, -0.1) is 0 Å². The molecule has 0 aliphatic heterocycles. The van der Waals surface area contributed by atoms with Crippen molar-refractivity contribution in [1.82, 2.24) is 5.16 Å². The van der Waals surface area contributed by atoms with Crippen molar-refractivity contribution in [2.75, 3.05) is 5.73 Å². The van der Waals surface area contributed by atoms with E-state index < -0.39 is 10.7 Å². The summed E-state index contributed by atoms with van der Waals surface area (Å²) in [5.74, 6) is -0.331. The van der Waals surface area contributed by atoms with Gasteiger partial charge in [0.05, 0.1) is 16.6 Å². The molecule has 7 heteroatoms. The van der Waals surface area contributed by atoms with Crippen LogP contribution in [0.2, 0.25) is 0 Å². The number of hydrogen-bond donors (Lipinski definition) is 1. The zero-order valence-electron chi connectivity index (χ0n) is 9.51. The molecular formula is C11H10FN3O3. The van der Waals surface area contributed by atoms with Gasteiger partial charge < -0.3 is 10.3 Å². The molecule has 0 spiro atoms. The molecule has 18 heavy (non-hydrogen) atoms. The van der Waals surface area contributed by atoms with Gasteiger partial charge in [0.2, 0.25) is 0 Å². The highest BCUT2D eigenvalue weighted by Gasteiger charge is 2.19. The van der Waals surface area contributed by atoms with Crippen molar-refractivity contribution >= 4 is 11.5 Å². The van der Waals surface area contributed by atoms with E-state index in [0.717, 1.165) is 6.07 Å². The molecule has 0 fully saturated rings. The molecule has 0 unspecified atom stereocenters. The summed E-state index contributed by atoms with van der Waals surface area (Å²) in [6.07, 6.45) is 0.529. The first-order valence-electron chi connectivity index (χ1n) is 5.23. The van der Waals surface area contributed by atoms with Crippen LogP contribution in [0.3, 0.4) is 0 Å². The number of aromatic nitrogens is 1. The summed E-state index contributed by atoms with van der Waals surface area (Å²) in [7, 11) is 0. The number of nitrogens with zero attached hydrogens (tertiary/aromatic N) is 2. The summed E-state index contributed by atoms with van der Waals surface area (Å²) in [5, 5.41) is 14.1. The molecule has 1 aromatic carbocycles. The predicted molar refractivity (Wildman–Crippen MR) is 62.3 cm³/mol. The average molecular weight is 251 g/mol. The molecule has 0 saturated heterocycles. The molecule has 0 radical (unpaired) electrons. The maximum atomic E-state index is 13.8. The highest BCUT2D eigenvalue weighted by molar-refractivity contribution is 5.67. The number of anilines is 1. The first-order chi connectivity index (χ1) is 8.54. The van der Waals surface area contributed by atoms with E-state index in [1.165, 1.54) is 12.1 Å². The van der Waals surface area contributed by atoms with Gasteiger partial charge in [0.15, 0.2) is 11.6 Å². The molecule has 1 aromatic heterocycles. The van der Waals surface area contributed by atoms with Crippen molar-refractivity contribution < 1.29 is 13.8 Å². The van der Waals surface area contributed by atoms with E-state index >= 15 is 0 Å². The van der Waals surface area contributed by atoms with E-state index in [1.54, 1.807) is 0 Å². The largest absolute Gasteiger partial charge is 0.381 e. The van der Waals surface area contributed by atoms with Crippen LogP contribution in [0.25, 0.3) is 11.3 Å². The normalized spacial score (nSPS) is 10.6. The van der Waals surface area contributed by atoms with Gasteiger partial charge in [-0.25, -0.2) is 4.39 Å². The van der Waals surface area contributed by atoms with Crippen LogP contribution in [0, 0.1) is 15.9 Å². The van der Waals surface area contributed by atoms with E-state index in [-0.39, 0.29) is 22.8 Å². The zero-order chi connectivity index (χ0) is 13.3. The number of nitro groups is 1. The topological polar surface area (TPSA) is 95.2 Å². The second-order valence-corrected chi connectivity index (χ2v) is 3.65. The summed E-state index contributed by atoms with van der Waals surface area (Å²) in [6.45, 7) is 1.83. The van der Waals surface area contributed by atoms with Crippen molar-refractivity contribution in [2.24, 2.45) is 0 Å². The molecule has 1 heterocycles. The smallest absolute Gasteiger partial charge is 0.272 e. The van der Waals surface area contributed by atoms with Crippen molar-refractivity contribution in [3.05, 3.63) is 39.7 Å². The molecule has 2 rings (SSSR count). The SMILES string of the molecule is CCc1c(N)noc1-c1ccc([N+](=O)[O-])cc1F. The van der Waals surface area contributed by atoms with Crippen LogP contribution in [0.15, 0.2) is 22.7 Å². The summed E-state index contributed by atoms with van der Waals surface area (Å²) >= 11 is 0. The van der Waals surface area contributed by atoms with Crippen molar-refractivity contribution in [3.8, 4) is 11.3 Å². The summed E-state index contributed by atoms with van der Waals surface area (Å²) < 4.78 is 18.8. The minimum absolute atomic E-state index is 0.113. The van der Waals surface area contributed by atoms with Gasteiger partial charge in [0.1, 0.15) is 5.82 Å². The Morgan fingerprint density at radius 3 is 2.83 bits per heavy atom. The Kier molecular flexibility index (Phi) is 2.97. The van der Waals surface area contributed by atoms with E-state index in [4.69, 9.17) is 10.3 Å². The van der Waals surface area contributed by atoms with Gasteiger partial charge in [0, 0.05) is 11.6 Å². The second-order valence-electron chi connectivity index (χ2n) is 3.65. The van der Waals surface area contributed by atoms with E-state index in [9.17, 15) is 14.5 Å². The number of nitrogens with two attached hydrogens (primary N) is 1. The number of non-ortho nitro benzene ring substituents is 1. The molecule has 94 valence electrons. The van der Waals surface area contributed by atoms with Gasteiger partial charge in [0.25, 0.3) is 5.69 Å². The molecule has 6 nitrogen and oxygen atoms in total. The molecule has 0 saturated carbocycles. The third-order valence-electron chi connectivity index (χ3n) is 2.58. The average Bonchev–Trinajstić information content (AvgIpc) is 2.70. The maximum Gasteiger partial charge on any atom is 0.272 e. The summed E-state index contributed by atoms with van der Waals surface area (Å²) in [6, 6.07) is 3.33. The van der Waals surface area contributed by atoms with E-state index in [1.807, 2.05) is 6.92 Å². The summed E-state index contributed by atoms with van der Waals surface area (Å²) in [4.78, 5) is 9.85. The molecule has 2 N–H and O–H groups in total. The first-order valence-corrected chi connectivity index (χ1v) is 5.23. The van der Waals surface area contributed by atoms with Crippen LogP contribution < -0.4 is 5.73 Å². The monoisotopic (exact) mass is 251 g/mol. The Hall–Kier alpha value is -2.44. The van der Waals surface area contributed by atoms with E-state index in [0.29, 0.717) is 12.0 Å². The molecule has 0 atom stereocenters. The first kappa shape index (κ1) is 12.0. The lowest BCUT2D eigenvalue weighted by molar-refractivity contribution is -0.385. The van der Waals surface area contributed by atoms with Crippen molar-refractivity contribution in [3.63, 3.8) is 0 Å². The Balaban J connectivity index is 2.54. The number of benzene rings is 1. The predicted octanol–water partition coefficient (Wildman–Crippen LogP) is 2.53. The van der Waals surface area contributed by atoms with Gasteiger partial charge in [-0.1, -0.05) is 12.1 Å². The maximum absolute atomic E-state index is 13.8. The fourth-order valence-corrected chi connectivity index (χ4v) is 1.68. The number of hydrogen-bond acceptors (Lipinski definition) is 5. The lowest BCUT2D eigenvalue weighted by Crippen LogP contribution is -1.94. The molecule has 0 amide bonds. The molecule has 0 aliphatic carbocycles. The van der Waals surface area contributed by atoms with Gasteiger partial charge in [-0.2, -0.15) is 0 Å². The van der Waals surface area contributed by atoms with Gasteiger partial charge >= 0.3 is 0 Å². The molecule has 0 aliphatic rings. The number of nitrogen functional groups attached to an aromatic ring is 1. The highest BCUT2D eigenvalue weighted by Crippen LogP contribution is 2.31. The number of halogens is 1. The Morgan fingerprint density at radius 2 is 2.28 bits per heavy atom. The standard InChI is InChI=1S/C11H10FN3O3/c1-2-7-10(18-14-11(7)13)8-4-3-6(15(16)17)5-9(8)12/h3-5H,2H2,1H3,(H2,13,14). The number of rotatable bonds is 3. The molecule has 2 aromatic rings. The fourth-order valence-electron chi connectivity index (χ4n) is 1.68. The molecule has 0 bridgehead atoms. The third kappa shape index (κ3) is 1.90. The van der Waals surface area contributed by atoms with Gasteiger partial charge in [-0.3, -0.25) is 10.1 Å². The third-order valence-corrected chi connectivity index (χ3v) is 2.58. The quantitative estimate of drug-likeness (QED) is 0.668. The van der Waals surface area contributed by atoms with Crippen LogP contribution in [-0.4, -0.2) is 10.1 Å². The second kappa shape index (κ2) is 4.44. The van der Waals surface area contributed by atoms with Crippen LogP contribution >= 0.6 is 0 Å². The highest BCUT2D eigenvalue weighted by atomic mass is 19.1. The van der Waals surface area contributed by atoms with Crippen LogP contribution in [0.5, 0.6) is 0 Å². The van der Waals surface area contributed by atoms with Crippen molar-refractivity contribution in [1.29, 1.82) is 0 Å². The van der Waals surface area contributed by atoms with E-state index in [2.05, 4.69) is 5.16 Å². The lowest BCUT2D eigenvalue weighted by Gasteiger charge is -2.01. The minimum atomic E-state index is -0.741. The van der Waals surface area contributed by atoms with Crippen molar-refractivity contribution in [2.45, 2.75) is 13.3 Å². The number of nitro benzene ring substituents is 1. The fraction of sp³-hybridized carbons (Fsp3) is 0.182. The van der Waals surface area contributed by atoms with Gasteiger partial charge in [-0.05, 0) is 12.5 Å².